The van der Waals surface area contributed by atoms with E-state index in [0.717, 1.165) is 78.5 Å². The lowest BCUT2D eigenvalue weighted by Crippen LogP contribution is -2.50. The SMILES string of the molecule is O=S(=O)(NCc1cccc(-c2ccc(C3OC(CN4CCN(c5ncccn5)CC4)CC(c4ccc(CO)cc4)O3)cc2)c1)c1ccccc1. The van der Waals surface area contributed by atoms with E-state index >= 15 is 0 Å². The van der Waals surface area contributed by atoms with Gasteiger partial charge in [0.25, 0.3) is 0 Å². The molecule has 0 radical (unpaired) electrons. The first-order chi connectivity index (χ1) is 24.4. The molecule has 0 bridgehead atoms. The number of aliphatic hydroxyl groups excluding tert-OH is 1. The quantitative estimate of drug-likeness (QED) is 0.186. The Morgan fingerprint density at radius 1 is 0.740 bits per heavy atom. The maximum atomic E-state index is 12.7. The van der Waals surface area contributed by atoms with Gasteiger partial charge in [0.1, 0.15) is 0 Å². The third-order valence-corrected chi connectivity index (χ3v) is 10.7. The van der Waals surface area contributed by atoms with Gasteiger partial charge in [0.15, 0.2) is 6.29 Å². The highest BCUT2D eigenvalue weighted by atomic mass is 32.2. The predicted molar refractivity (Wildman–Crippen MR) is 191 cm³/mol. The number of nitrogens with zero attached hydrogens (tertiary/aromatic N) is 4. The van der Waals surface area contributed by atoms with Crippen molar-refractivity contribution in [2.24, 2.45) is 0 Å². The van der Waals surface area contributed by atoms with Crippen molar-refractivity contribution < 1.29 is 23.0 Å². The number of sulfonamides is 1. The monoisotopic (exact) mass is 691 g/mol. The minimum atomic E-state index is -3.61. The van der Waals surface area contributed by atoms with Crippen molar-refractivity contribution in [3.05, 3.63) is 144 Å². The lowest BCUT2D eigenvalue weighted by molar-refractivity contribution is -0.253. The molecule has 1 aromatic heterocycles. The summed E-state index contributed by atoms with van der Waals surface area (Å²) in [5.74, 6) is 0.767. The first kappa shape index (κ1) is 34.0. The maximum absolute atomic E-state index is 12.7. The van der Waals surface area contributed by atoms with Crippen LogP contribution in [0.25, 0.3) is 11.1 Å². The average Bonchev–Trinajstić information content (AvgIpc) is 3.18. The van der Waals surface area contributed by atoms with Crippen molar-refractivity contribution in [2.45, 2.75) is 43.0 Å². The van der Waals surface area contributed by atoms with Crippen LogP contribution >= 0.6 is 0 Å². The molecule has 2 N–H and O–H groups in total. The van der Waals surface area contributed by atoms with Gasteiger partial charge in [-0.25, -0.2) is 23.1 Å². The molecule has 3 heterocycles. The van der Waals surface area contributed by atoms with Crippen molar-refractivity contribution in [1.29, 1.82) is 0 Å². The summed E-state index contributed by atoms with van der Waals surface area (Å²) < 4.78 is 41.4. The minimum absolute atomic E-state index is 0.00127. The molecule has 0 aliphatic carbocycles. The Morgan fingerprint density at radius 2 is 1.46 bits per heavy atom. The summed E-state index contributed by atoms with van der Waals surface area (Å²) in [6, 6.07) is 34.2. The molecule has 2 saturated heterocycles. The van der Waals surface area contributed by atoms with Crippen molar-refractivity contribution >= 4 is 16.0 Å². The standard InChI is InChI=1S/C39H41N5O5S/c45-28-29-10-12-32(13-11-29)37-25-35(27-43-20-22-44(23-21-43)39-40-18-5-19-41-39)48-38(49-37)33-16-14-31(15-17-33)34-7-4-6-30(24-34)26-42-50(46,47)36-8-2-1-3-9-36/h1-19,24,35,37-38,42,45H,20-23,25-28H2. The second-order valence-electron chi connectivity index (χ2n) is 12.6. The van der Waals surface area contributed by atoms with E-state index < -0.39 is 16.3 Å². The van der Waals surface area contributed by atoms with Crippen LogP contribution in [0.4, 0.5) is 5.95 Å². The molecule has 258 valence electrons. The second kappa shape index (κ2) is 15.6. The lowest BCUT2D eigenvalue weighted by atomic mass is 9.99. The average molecular weight is 692 g/mol. The van der Waals surface area contributed by atoms with E-state index in [-0.39, 0.29) is 30.3 Å². The number of piperazine rings is 1. The van der Waals surface area contributed by atoms with E-state index in [1.54, 1.807) is 42.7 Å². The topological polar surface area (TPSA) is 117 Å². The summed E-state index contributed by atoms with van der Waals surface area (Å²) in [5, 5.41) is 9.57. The first-order valence-electron chi connectivity index (χ1n) is 16.9. The van der Waals surface area contributed by atoms with Crippen LogP contribution < -0.4 is 9.62 Å². The molecule has 0 saturated carbocycles. The van der Waals surface area contributed by atoms with E-state index in [0.29, 0.717) is 0 Å². The first-order valence-corrected chi connectivity index (χ1v) is 18.4. The molecule has 10 nitrogen and oxygen atoms in total. The highest BCUT2D eigenvalue weighted by Gasteiger charge is 2.34. The van der Waals surface area contributed by atoms with Crippen molar-refractivity contribution in [1.82, 2.24) is 19.6 Å². The van der Waals surface area contributed by atoms with Crippen molar-refractivity contribution in [3.8, 4) is 11.1 Å². The van der Waals surface area contributed by atoms with Gasteiger partial charge in [-0.2, -0.15) is 0 Å². The van der Waals surface area contributed by atoms with Gasteiger partial charge in [-0.1, -0.05) is 84.9 Å². The summed E-state index contributed by atoms with van der Waals surface area (Å²) in [6.45, 7) is 4.45. The zero-order valence-corrected chi connectivity index (χ0v) is 28.5. The lowest BCUT2D eigenvalue weighted by Gasteiger charge is -2.40. The van der Waals surface area contributed by atoms with Gasteiger partial charge in [0, 0.05) is 63.6 Å². The van der Waals surface area contributed by atoms with Gasteiger partial charge in [-0.3, -0.25) is 4.90 Å². The van der Waals surface area contributed by atoms with Crippen molar-refractivity contribution in [3.63, 3.8) is 0 Å². The third kappa shape index (κ3) is 8.27. The Labute approximate surface area is 293 Å². The molecule has 7 rings (SSSR count). The fraction of sp³-hybridized carbons (Fsp3) is 0.282. The number of ether oxygens (including phenoxy) is 2. The van der Waals surface area contributed by atoms with Crippen LogP contribution in [0.15, 0.2) is 126 Å². The number of aromatic nitrogens is 2. The molecule has 50 heavy (non-hydrogen) atoms. The predicted octanol–water partition coefficient (Wildman–Crippen LogP) is 5.48. The molecular weight excluding hydrogens is 651 g/mol. The minimum Gasteiger partial charge on any atom is -0.392 e. The number of benzene rings is 4. The molecular formula is C39H41N5O5S. The molecule has 4 aromatic carbocycles. The third-order valence-electron chi connectivity index (χ3n) is 9.25. The molecule has 11 heteroatoms. The Balaban J connectivity index is 1.04. The zero-order valence-electron chi connectivity index (χ0n) is 27.7. The molecule has 2 aliphatic rings. The van der Waals surface area contributed by atoms with Crippen LogP contribution in [0, 0.1) is 0 Å². The second-order valence-corrected chi connectivity index (χ2v) is 14.4. The van der Waals surface area contributed by atoms with Crippen LogP contribution in [-0.4, -0.2) is 67.2 Å². The molecule has 3 unspecified atom stereocenters. The molecule has 2 aliphatic heterocycles. The summed E-state index contributed by atoms with van der Waals surface area (Å²) in [4.78, 5) is 13.7. The number of rotatable bonds is 11. The van der Waals surface area contributed by atoms with E-state index in [1.807, 2.05) is 66.7 Å². The maximum Gasteiger partial charge on any atom is 0.240 e. The Bertz CT molecular complexity index is 1940. The molecule has 0 spiro atoms. The van der Waals surface area contributed by atoms with E-state index in [9.17, 15) is 13.5 Å². The van der Waals surface area contributed by atoms with Crippen molar-refractivity contribution in [2.75, 3.05) is 37.6 Å². The van der Waals surface area contributed by atoms with Gasteiger partial charge >= 0.3 is 0 Å². The fourth-order valence-electron chi connectivity index (χ4n) is 6.46. The van der Waals surface area contributed by atoms with Crippen LogP contribution in [0.2, 0.25) is 0 Å². The Hall–Kier alpha value is -4.49. The number of nitrogens with one attached hydrogen (secondary N) is 1. The largest absolute Gasteiger partial charge is 0.392 e. The zero-order chi connectivity index (χ0) is 34.3. The van der Waals surface area contributed by atoms with E-state index in [1.165, 1.54) is 0 Å². The van der Waals surface area contributed by atoms with Crippen LogP contribution in [-0.2, 0) is 32.6 Å². The van der Waals surface area contributed by atoms with Gasteiger partial charge < -0.3 is 19.5 Å². The van der Waals surface area contributed by atoms with Gasteiger partial charge in [0.2, 0.25) is 16.0 Å². The normalized spacial score (nSPS) is 20.1. The number of anilines is 1. The number of aliphatic hydroxyl groups is 1. The fourth-order valence-corrected chi connectivity index (χ4v) is 7.50. The van der Waals surface area contributed by atoms with Crippen LogP contribution in [0.5, 0.6) is 0 Å². The summed E-state index contributed by atoms with van der Waals surface area (Å²) in [7, 11) is -3.61. The van der Waals surface area contributed by atoms with Gasteiger partial charge in [0.05, 0.1) is 23.7 Å². The van der Waals surface area contributed by atoms with E-state index in [2.05, 4.69) is 36.6 Å². The van der Waals surface area contributed by atoms with Crippen LogP contribution in [0.3, 0.4) is 0 Å². The van der Waals surface area contributed by atoms with E-state index in [4.69, 9.17) is 9.47 Å². The molecule has 5 aromatic rings. The number of hydrogen-bond acceptors (Lipinski definition) is 9. The summed E-state index contributed by atoms with van der Waals surface area (Å²) in [5.41, 5.74) is 5.70. The molecule has 3 atom stereocenters. The molecule has 0 amide bonds. The Kier molecular flexibility index (Phi) is 10.6. The summed E-state index contributed by atoms with van der Waals surface area (Å²) in [6.07, 6.45) is 3.51. The Morgan fingerprint density at radius 3 is 2.18 bits per heavy atom. The smallest absolute Gasteiger partial charge is 0.240 e. The highest BCUT2D eigenvalue weighted by Crippen LogP contribution is 2.39. The summed E-state index contributed by atoms with van der Waals surface area (Å²) >= 11 is 0. The number of hydrogen-bond donors (Lipinski definition) is 2. The van der Waals surface area contributed by atoms with Gasteiger partial charge in [-0.15, -0.1) is 0 Å². The van der Waals surface area contributed by atoms with Gasteiger partial charge in [-0.05, 0) is 52.1 Å². The van der Waals surface area contributed by atoms with Crippen LogP contribution in [0.1, 0.15) is 41.1 Å². The molecule has 2 fully saturated rings. The highest BCUT2D eigenvalue weighted by molar-refractivity contribution is 7.89.